The molecule has 0 radical (unpaired) electrons. The van der Waals surface area contributed by atoms with Crippen LogP contribution in [0.4, 0.5) is 0 Å². The van der Waals surface area contributed by atoms with Gasteiger partial charge in [0.05, 0.1) is 11.0 Å². The summed E-state index contributed by atoms with van der Waals surface area (Å²) in [7, 11) is 1.22. The molecule has 0 bridgehead atoms. The van der Waals surface area contributed by atoms with Gasteiger partial charge in [0.15, 0.2) is 4.96 Å². The average Bonchev–Trinajstić information content (AvgIpc) is 2.62. The first-order chi connectivity index (χ1) is 5.95. The molecule has 0 fully saturated rings. The molecule has 3 rings (SSSR count). The molecular weight excluding hydrogens is 187 g/mol. The molecule has 2 heterocycles. The molecule has 0 aliphatic heterocycles. The van der Waals surface area contributed by atoms with Crippen LogP contribution in [-0.2, 0) is 0 Å². The minimum absolute atomic E-state index is 1.10. The van der Waals surface area contributed by atoms with Crippen LogP contribution in [-0.4, -0.2) is 9.15 Å². The van der Waals surface area contributed by atoms with Crippen molar-refractivity contribution >= 4 is 35.7 Å². The van der Waals surface area contributed by atoms with E-state index in [1.165, 1.54) is 13.9 Å². The lowest BCUT2D eigenvalue weighted by molar-refractivity contribution is 1.45. The number of rotatable bonds is 0. The fourth-order valence-corrected chi connectivity index (χ4v) is 3.31. The molecule has 0 unspecified atom stereocenters. The first-order valence-electron chi connectivity index (χ1n) is 3.62. The maximum absolute atomic E-state index is 4.48. The molecule has 0 atom stereocenters. The van der Waals surface area contributed by atoms with Crippen LogP contribution in [0.5, 0.6) is 0 Å². The van der Waals surface area contributed by atoms with Crippen molar-refractivity contribution < 1.29 is 0 Å². The fraction of sp³-hybridized carbons (Fsp3) is 0. The van der Waals surface area contributed by atoms with Crippen molar-refractivity contribution in [2.24, 2.45) is 0 Å². The second-order valence-electron chi connectivity index (χ2n) is 2.53. The van der Waals surface area contributed by atoms with Crippen molar-refractivity contribution in [1.82, 2.24) is 9.15 Å². The van der Waals surface area contributed by atoms with E-state index in [0.29, 0.717) is 0 Å². The highest BCUT2D eigenvalue weighted by Crippen LogP contribution is 2.25. The van der Waals surface area contributed by atoms with Gasteiger partial charge in [0, 0.05) is 13.5 Å². The quantitative estimate of drug-likeness (QED) is 0.534. The summed E-state index contributed by atoms with van der Waals surface area (Å²) in [6.45, 7) is 0. The van der Waals surface area contributed by atoms with Gasteiger partial charge >= 0.3 is 0 Å². The van der Waals surface area contributed by atoms with E-state index in [-0.39, 0.29) is 0 Å². The summed E-state index contributed by atoms with van der Waals surface area (Å²) >= 11 is 1.71. The van der Waals surface area contributed by atoms with Crippen molar-refractivity contribution in [3.63, 3.8) is 0 Å². The summed E-state index contributed by atoms with van der Waals surface area (Å²) in [4.78, 5) is 5.59. The Morgan fingerprint density at radius 1 is 1.33 bits per heavy atom. The number of hydrogen-bond acceptors (Lipinski definition) is 2. The van der Waals surface area contributed by atoms with Crippen LogP contribution in [0.2, 0.25) is 0 Å². The molecule has 58 valence electrons. The van der Waals surface area contributed by atoms with Crippen LogP contribution in [0.1, 0.15) is 0 Å². The number of aromatic nitrogens is 2. The normalized spacial score (nSPS) is 12.0. The van der Waals surface area contributed by atoms with Crippen molar-refractivity contribution in [3.05, 3.63) is 29.4 Å². The van der Waals surface area contributed by atoms with Gasteiger partial charge in [0.25, 0.3) is 0 Å². The zero-order chi connectivity index (χ0) is 7.97. The van der Waals surface area contributed by atoms with Gasteiger partial charge < -0.3 is 0 Å². The molecular formula is C8H5N2PS. The third-order valence-corrected chi connectivity index (χ3v) is 3.88. The first-order valence-corrected chi connectivity index (χ1v) is 5.42. The zero-order valence-electron chi connectivity index (χ0n) is 6.14. The molecule has 3 aromatic rings. The molecule has 12 heavy (non-hydrogen) atoms. The van der Waals surface area contributed by atoms with Crippen LogP contribution in [0, 0.1) is 0 Å². The first kappa shape index (κ1) is 6.58. The summed E-state index contributed by atoms with van der Waals surface area (Å²) in [6.07, 6.45) is 0. The Labute approximate surface area is 74.6 Å². The Bertz CT molecular complexity index is 539. The Morgan fingerprint density at radius 2 is 2.25 bits per heavy atom. The van der Waals surface area contributed by atoms with Crippen molar-refractivity contribution in [2.75, 3.05) is 0 Å². The number of para-hydroxylation sites is 2. The summed E-state index contributed by atoms with van der Waals surface area (Å²) < 4.78 is 2.21. The molecule has 2 aromatic heterocycles. The van der Waals surface area contributed by atoms with Gasteiger partial charge in [-0.25, -0.2) is 4.98 Å². The molecule has 1 aromatic carbocycles. The molecule has 0 saturated carbocycles. The Hall–Kier alpha value is -0.920. The van der Waals surface area contributed by atoms with Crippen LogP contribution >= 0.6 is 19.7 Å². The highest BCUT2D eigenvalue weighted by molar-refractivity contribution is 7.38. The maximum Gasteiger partial charge on any atom is 0.198 e. The van der Waals surface area contributed by atoms with Crippen molar-refractivity contribution in [1.29, 1.82) is 0 Å². The summed E-state index contributed by atoms with van der Waals surface area (Å²) in [5.74, 6) is 0. The molecule has 0 aliphatic rings. The van der Waals surface area contributed by atoms with Gasteiger partial charge in [-0.05, 0) is 12.1 Å². The summed E-state index contributed by atoms with van der Waals surface area (Å²) in [5, 5.41) is 2.15. The maximum atomic E-state index is 4.48. The zero-order valence-corrected chi connectivity index (χ0v) is 7.85. The van der Waals surface area contributed by atoms with E-state index in [9.17, 15) is 0 Å². The monoisotopic (exact) mass is 192 g/mol. The summed E-state index contributed by atoms with van der Waals surface area (Å²) in [6, 6.07) is 8.24. The fourth-order valence-electron chi connectivity index (χ4n) is 1.30. The van der Waals surface area contributed by atoms with E-state index < -0.39 is 0 Å². The van der Waals surface area contributed by atoms with E-state index in [4.69, 9.17) is 0 Å². The minimum atomic E-state index is 1.10. The van der Waals surface area contributed by atoms with E-state index in [1.807, 2.05) is 6.07 Å². The van der Waals surface area contributed by atoms with Crippen molar-refractivity contribution in [3.8, 4) is 0 Å². The number of benzene rings is 1. The summed E-state index contributed by atoms with van der Waals surface area (Å²) in [5.41, 5.74) is 2.33. The molecule has 4 heteroatoms. The lowest BCUT2D eigenvalue weighted by atomic mass is 10.3. The van der Waals surface area contributed by atoms with E-state index in [1.54, 1.807) is 11.3 Å². The predicted molar refractivity (Wildman–Crippen MR) is 53.1 cm³/mol. The van der Waals surface area contributed by atoms with E-state index >= 15 is 0 Å². The van der Waals surface area contributed by atoms with Gasteiger partial charge in [0.2, 0.25) is 0 Å². The predicted octanol–water partition coefficient (Wildman–Crippen LogP) is 3.13. The Kier molecular flexibility index (Phi) is 1.25. The highest BCUT2D eigenvalue weighted by atomic mass is 32.1. The molecule has 0 amide bonds. The standard InChI is InChI=1S/C8H5N2PS/c1-2-4-7-6(3-1)9-8-10(7)11-5-12-8/h1-5H. The molecule has 0 aliphatic carbocycles. The minimum Gasteiger partial charge on any atom is -0.265 e. The van der Waals surface area contributed by atoms with Crippen LogP contribution in [0.3, 0.4) is 0 Å². The second-order valence-corrected chi connectivity index (χ2v) is 4.61. The second kappa shape index (κ2) is 2.28. The largest absolute Gasteiger partial charge is 0.265 e. The van der Waals surface area contributed by atoms with Gasteiger partial charge in [-0.2, -0.15) is 0 Å². The van der Waals surface area contributed by atoms with E-state index in [0.717, 1.165) is 10.5 Å². The third-order valence-electron chi connectivity index (χ3n) is 1.83. The SMILES string of the molecule is c1ccc2c(c1)nc1scpn12. The lowest BCUT2D eigenvalue weighted by Crippen LogP contribution is -1.68. The molecule has 2 nitrogen and oxygen atoms in total. The van der Waals surface area contributed by atoms with Crippen LogP contribution in [0.25, 0.3) is 16.0 Å². The van der Waals surface area contributed by atoms with Crippen LogP contribution < -0.4 is 0 Å². The average molecular weight is 192 g/mol. The highest BCUT2D eigenvalue weighted by Gasteiger charge is 2.02. The van der Waals surface area contributed by atoms with Gasteiger partial charge in [-0.15, -0.1) is 0 Å². The van der Waals surface area contributed by atoms with Crippen molar-refractivity contribution in [2.45, 2.75) is 0 Å². The number of hydrogen-bond donors (Lipinski definition) is 0. The molecule has 0 spiro atoms. The van der Waals surface area contributed by atoms with Gasteiger partial charge in [-0.1, -0.05) is 23.5 Å². The lowest BCUT2D eigenvalue weighted by Gasteiger charge is -1.85. The number of imidazole rings is 1. The Morgan fingerprint density at radius 3 is 3.25 bits per heavy atom. The smallest absolute Gasteiger partial charge is 0.198 e. The Balaban J connectivity index is 2.68. The number of nitrogens with zero attached hydrogens (tertiary/aromatic N) is 2. The van der Waals surface area contributed by atoms with E-state index in [2.05, 4.69) is 32.5 Å². The molecule has 0 saturated heterocycles. The molecule has 0 N–H and O–H groups in total. The van der Waals surface area contributed by atoms with Crippen LogP contribution in [0.15, 0.2) is 29.4 Å². The third kappa shape index (κ3) is 0.752. The topological polar surface area (TPSA) is 17.3 Å². The number of fused-ring (bicyclic) bond motifs is 3. The van der Waals surface area contributed by atoms with Gasteiger partial charge in [-0.3, -0.25) is 4.16 Å². The van der Waals surface area contributed by atoms with Gasteiger partial charge in [0.1, 0.15) is 0 Å².